The Balaban J connectivity index is 1.92. The second-order valence-corrected chi connectivity index (χ2v) is 6.42. The molecule has 102 valence electrons. The van der Waals surface area contributed by atoms with Gasteiger partial charge in [-0.2, -0.15) is 0 Å². The first-order chi connectivity index (χ1) is 8.94. The van der Waals surface area contributed by atoms with E-state index in [1.165, 1.54) is 5.69 Å². The summed E-state index contributed by atoms with van der Waals surface area (Å²) >= 11 is 0. The smallest absolute Gasteiger partial charge is 0.123 e. The van der Waals surface area contributed by atoms with E-state index < -0.39 is 0 Å². The van der Waals surface area contributed by atoms with Gasteiger partial charge in [0.25, 0.3) is 0 Å². The summed E-state index contributed by atoms with van der Waals surface area (Å²) in [6.07, 6.45) is 3.57. The molecule has 2 aromatic rings. The van der Waals surface area contributed by atoms with E-state index in [9.17, 15) is 5.11 Å². The second kappa shape index (κ2) is 4.27. The number of fused-ring (bicyclic) bond motifs is 1. The fraction of sp³-hybridized carbons (Fsp3) is 0.500. The van der Waals surface area contributed by atoms with Crippen LogP contribution in [-0.4, -0.2) is 9.67 Å². The van der Waals surface area contributed by atoms with E-state index in [1.54, 1.807) is 0 Å². The van der Waals surface area contributed by atoms with Gasteiger partial charge in [-0.1, -0.05) is 13.8 Å². The van der Waals surface area contributed by atoms with Crippen LogP contribution < -0.4 is 0 Å². The molecule has 2 heterocycles. The van der Waals surface area contributed by atoms with Crippen molar-refractivity contribution < 1.29 is 9.52 Å². The van der Waals surface area contributed by atoms with Gasteiger partial charge in [-0.05, 0) is 43.4 Å². The van der Waals surface area contributed by atoms with Crippen molar-refractivity contribution in [2.75, 3.05) is 0 Å². The molecule has 1 aliphatic rings. The van der Waals surface area contributed by atoms with E-state index in [2.05, 4.69) is 24.6 Å². The summed E-state index contributed by atoms with van der Waals surface area (Å²) in [5, 5.41) is 10.2. The molecule has 3 rings (SSSR count). The van der Waals surface area contributed by atoms with Gasteiger partial charge in [-0.25, -0.2) is 0 Å². The number of hydrogen-bond acceptors (Lipinski definition) is 2. The summed E-state index contributed by atoms with van der Waals surface area (Å²) in [7, 11) is 0. The van der Waals surface area contributed by atoms with Gasteiger partial charge in [0.05, 0.1) is 12.6 Å². The highest BCUT2D eigenvalue weighted by atomic mass is 16.3. The Hall–Kier alpha value is -1.48. The van der Waals surface area contributed by atoms with Crippen molar-refractivity contribution in [3.05, 3.63) is 47.2 Å². The highest BCUT2D eigenvalue weighted by Gasteiger charge is 2.33. The first-order valence-corrected chi connectivity index (χ1v) is 6.86. The SMILES string of the molecule is Cc1ccc(Cn2ccc3c2CC(C)(C)CC3O)o1. The third-order valence-corrected chi connectivity index (χ3v) is 3.99. The molecule has 0 radical (unpaired) electrons. The monoisotopic (exact) mass is 259 g/mol. The molecule has 0 spiro atoms. The van der Waals surface area contributed by atoms with Gasteiger partial charge in [0.1, 0.15) is 11.5 Å². The maximum absolute atomic E-state index is 10.2. The third-order valence-electron chi connectivity index (χ3n) is 3.99. The van der Waals surface area contributed by atoms with Gasteiger partial charge in [-0.15, -0.1) is 0 Å². The number of aliphatic hydroxyl groups excluding tert-OH is 1. The molecule has 1 atom stereocenters. The van der Waals surface area contributed by atoms with Crippen LogP contribution in [-0.2, 0) is 13.0 Å². The predicted molar refractivity (Wildman–Crippen MR) is 74.0 cm³/mol. The Kier molecular flexibility index (Phi) is 2.82. The molecule has 2 aromatic heterocycles. The standard InChI is InChI=1S/C16H21NO2/c1-11-4-5-12(19-11)10-17-7-6-13-14(17)8-16(2,3)9-15(13)18/h4-7,15,18H,8-10H2,1-3H3. The average Bonchev–Trinajstić information content (AvgIpc) is 2.86. The zero-order valence-corrected chi connectivity index (χ0v) is 11.8. The molecule has 19 heavy (non-hydrogen) atoms. The first kappa shape index (κ1) is 12.5. The van der Waals surface area contributed by atoms with Gasteiger partial charge in [0.15, 0.2) is 0 Å². The molecule has 0 saturated heterocycles. The van der Waals surface area contributed by atoms with Crippen LogP contribution in [0, 0.1) is 12.3 Å². The number of nitrogens with zero attached hydrogens (tertiary/aromatic N) is 1. The number of aromatic nitrogens is 1. The predicted octanol–water partition coefficient (Wildman–Crippen LogP) is 3.44. The van der Waals surface area contributed by atoms with Crippen molar-refractivity contribution in [3.8, 4) is 0 Å². The van der Waals surface area contributed by atoms with Crippen LogP contribution in [0.5, 0.6) is 0 Å². The van der Waals surface area contributed by atoms with Gasteiger partial charge in [0.2, 0.25) is 0 Å². The Labute approximate surface area is 113 Å². The van der Waals surface area contributed by atoms with E-state index >= 15 is 0 Å². The second-order valence-electron chi connectivity index (χ2n) is 6.42. The van der Waals surface area contributed by atoms with E-state index in [1.807, 2.05) is 25.1 Å². The van der Waals surface area contributed by atoms with E-state index in [-0.39, 0.29) is 11.5 Å². The van der Waals surface area contributed by atoms with Gasteiger partial charge >= 0.3 is 0 Å². The van der Waals surface area contributed by atoms with Crippen molar-refractivity contribution in [3.63, 3.8) is 0 Å². The average molecular weight is 259 g/mol. The lowest BCUT2D eigenvalue weighted by atomic mass is 9.75. The molecular weight excluding hydrogens is 238 g/mol. The molecular formula is C16H21NO2. The minimum absolute atomic E-state index is 0.154. The number of furan rings is 1. The Bertz CT molecular complexity index is 592. The minimum atomic E-state index is -0.335. The van der Waals surface area contributed by atoms with Crippen LogP contribution in [0.3, 0.4) is 0 Å². The highest BCUT2D eigenvalue weighted by Crippen LogP contribution is 2.41. The van der Waals surface area contributed by atoms with Gasteiger partial charge in [0, 0.05) is 17.5 Å². The molecule has 0 aliphatic heterocycles. The fourth-order valence-electron chi connectivity index (χ4n) is 3.07. The lowest BCUT2D eigenvalue weighted by Crippen LogP contribution is -2.26. The largest absolute Gasteiger partial charge is 0.464 e. The molecule has 0 bridgehead atoms. The lowest BCUT2D eigenvalue weighted by molar-refractivity contribution is 0.0980. The normalized spacial score (nSPS) is 21.4. The van der Waals surface area contributed by atoms with Crippen LogP contribution in [0.15, 0.2) is 28.8 Å². The van der Waals surface area contributed by atoms with Crippen molar-refractivity contribution in [1.82, 2.24) is 4.57 Å². The zero-order chi connectivity index (χ0) is 13.6. The summed E-state index contributed by atoms with van der Waals surface area (Å²) in [5.41, 5.74) is 2.49. The maximum Gasteiger partial charge on any atom is 0.123 e. The molecule has 3 nitrogen and oxygen atoms in total. The number of hydrogen-bond donors (Lipinski definition) is 1. The number of rotatable bonds is 2. The fourth-order valence-corrected chi connectivity index (χ4v) is 3.07. The zero-order valence-electron chi connectivity index (χ0n) is 11.8. The Morgan fingerprint density at radius 2 is 2.16 bits per heavy atom. The first-order valence-electron chi connectivity index (χ1n) is 6.86. The topological polar surface area (TPSA) is 38.3 Å². The molecule has 0 saturated carbocycles. The molecule has 0 aromatic carbocycles. The van der Waals surface area contributed by atoms with Crippen molar-refractivity contribution in [1.29, 1.82) is 0 Å². The summed E-state index contributed by atoms with van der Waals surface area (Å²) in [4.78, 5) is 0. The molecule has 1 unspecified atom stereocenters. The molecule has 0 fully saturated rings. The highest BCUT2D eigenvalue weighted by molar-refractivity contribution is 5.29. The van der Waals surface area contributed by atoms with Crippen LogP contribution in [0.1, 0.15) is 49.2 Å². The maximum atomic E-state index is 10.2. The molecule has 0 amide bonds. The van der Waals surface area contributed by atoms with E-state index in [0.29, 0.717) is 0 Å². The van der Waals surface area contributed by atoms with Crippen molar-refractivity contribution in [2.24, 2.45) is 5.41 Å². The summed E-state index contributed by atoms with van der Waals surface area (Å²) in [6.45, 7) is 7.13. The Morgan fingerprint density at radius 1 is 1.37 bits per heavy atom. The van der Waals surface area contributed by atoms with Crippen molar-refractivity contribution >= 4 is 0 Å². The summed E-state index contributed by atoms with van der Waals surface area (Å²) < 4.78 is 7.85. The Morgan fingerprint density at radius 3 is 2.84 bits per heavy atom. The van der Waals surface area contributed by atoms with Crippen LogP contribution in [0.25, 0.3) is 0 Å². The molecule has 3 heteroatoms. The van der Waals surface area contributed by atoms with Crippen LogP contribution in [0.4, 0.5) is 0 Å². The van der Waals surface area contributed by atoms with Crippen LogP contribution >= 0.6 is 0 Å². The van der Waals surface area contributed by atoms with Crippen molar-refractivity contribution in [2.45, 2.75) is 46.3 Å². The van der Waals surface area contributed by atoms with Crippen LogP contribution in [0.2, 0.25) is 0 Å². The number of aryl methyl sites for hydroxylation is 1. The third kappa shape index (κ3) is 2.35. The quantitative estimate of drug-likeness (QED) is 0.897. The lowest BCUT2D eigenvalue weighted by Gasteiger charge is -2.33. The van der Waals surface area contributed by atoms with E-state index in [0.717, 1.165) is 36.5 Å². The van der Waals surface area contributed by atoms with Gasteiger partial charge < -0.3 is 14.1 Å². The van der Waals surface area contributed by atoms with E-state index in [4.69, 9.17) is 4.42 Å². The molecule has 1 aliphatic carbocycles. The summed E-state index contributed by atoms with van der Waals surface area (Å²) in [5.74, 6) is 1.91. The van der Waals surface area contributed by atoms with Gasteiger partial charge in [-0.3, -0.25) is 0 Å². The minimum Gasteiger partial charge on any atom is -0.464 e. The molecule has 1 N–H and O–H groups in total. The number of aliphatic hydroxyl groups is 1. The summed E-state index contributed by atoms with van der Waals surface area (Å²) in [6, 6.07) is 6.06.